The molecule has 7 heteroatoms. The summed E-state index contributed by atoms with van der Waals surface area (Å²) >= 11 is 0. The van der Waals surface area contributed by atoms with Gasteiger partial charge in [0.15, 0.2) is 11.9 Å². The number of hydrogen-bond donors (Lipinski definition) is 0. The second-order valence-electron chi connectivity index (χ2n) is 6.24. The van der Waals surface area contributed by atoms with Crippen LogP contribution in [0.1, 0.15) is 35.2 Å². The second kappa shape index (κ2) is 6.58. The summed E-state index contributed by atoms with van der Waals surface area (Å²) in [5.74, 6) is 0.542. The average Bonchev–Trinajstić information content (AvgIpc) is 3.22. The van der Waals surface area contributed by atoms with Crippen molar-refractivity contribution in [2.75, 3.05) is 18.1 Å². The van der Waals surface area contributed by atoms with Gasteiger partial charge in [-0.25, -0.2) is 4.79 Å². The van der Waals surface area contributed by atoms with Crippen LogP contribution < -0.4 is 9.64 Å². The molecule has 1 fully saturated rings. The maximum absolute atomic E-state index is 12.2. The number of benzene rings is 1. The summed E-state index contributed by atoms with van der Waals surface area (Å²) < 4.78 is 15.5. The van der Waals surface area contributed by atoms with E-state index in [-0.39, 0.29) is 18.5 Å². The molecule has 7 nitrogen and oxygen atoms in total. The third kappa shape index (κ3) is 3.22. The highest BCUT2D eigenvalue weighted by Gasteiger charge is 2.33. The summed E-state index contributed by atoms with van der Waals surface area (Å²) in [6.45, 7) is 0.599. The van der Waals surface area contributed by atoms with E-state index in [0.717, 1.165) is 36.1 Å². The number of hydrogen-bond acceptors (Lipinski definition) is 6. The van der Waals surface area contributed by atoms with Crippen LogP contribution in [0.3, 0.4) is 0 Å². The lowest BCUT2D eigenvalue weighted by Crippen LogP contribution is -2.26. The third-order valence-electron chi connectivity index (χ3n) is 4.51. The monoisotopic (exact) mass is 342 g/mol. The number of Topliss-reactive ketones (excluding diaryl/α,β-unsaturated/α-hetero) is 1. The highest BCUT2D eigenvalue weighted by molar-refractivity contribution is 5.99. The van der Waals surface area contributed by atoms with E-state index in [4.69, 9.17) is 14.0 Å². The molecule has 4 rings (SSSR count). The van der Waals surface area contributed by atoms with E-state index in [2.05, 4.69) is 5.16 Å². The Morgan fingerprint density at radius 2 is 2.08 bits per heavy atom. The number of anilines is 1. The Morgan fingerprint density at radius 1 is 1.20 bits per heavy atom. The number of nitrogens with zero attached hydrogens (tertiary/aromatic N) is 2. The van der Waals surface area contributed by atoms with Crippen molar-refractivity contribution in [1.29, 1.82) is 0 Å². The van der Waals surface area contributed by atoms with Crippen LogP contribution in [-0.4, -0.2) is 36.3 Å². The molecular formula is C18H18N2O5. The van der Waals surface area contributed by atoms with Crippen LogP contribution in [0.25, 0.3) is 0 Å². The van der Waals surface area contributed by atoms with Gasteiger partial charge in [0.25, 0.3) is 5.88 Å². The molecule has 1 aliphatic heterocycles. The van der Waals surface area contributed by atoms with Crippen molar-refractivity contribution in [2.45, 2.75) is 31.8 Å². The number of aryl methyl sites for hydroxylation is 1. The second-order valence-corrected chi connectivity index (χ2v) is 6.24. The van der Waals surface area contributed by atoms with Crippen LogP contribution in [0.2, 0.25) is 0 Å². The van der Waals surface area contributed by atoms with Crippen LogP contribution in [-0.2, 0) is 11.2 Å². The highest BCUT2D eigenvalue weighted by atomic mass is 16.6. The molecule has 2 aromatic rings. The molecule has 1 atom stereocenters. The third-order valence-corrected chi connectivity index (χ3v) is 4.51. The number of ether oxygens (including phenoxy) is 2. The van der Waals surface area contributed by atoms with Gasteiger partial charge in [0.1, 0.15) is 12.9 Å². The van der Waals surface area contributed by atoms with Crippen LogP contribution in [0.4, 0.5) is 10.5 Å². The zero-order chi connectivity index (χ0) is 17.2. The standard InChI is InChI=1S/C18H18N2O5/c21-16-4-2-1-3-12-9-13(5-6-15(12)16)20-10-14(25-18(20)22)11-23-17-7-8-24-19-17/h5-9,14H,1-4,10-11H2. The smallest absolute Gasteiger partial charge is 0.414 e. The predicted octanol–water partition coefficient (Wildman–Crippen LogP) is 2.99. The first-order chi connectivity index (χ1) is 12.2. The van der Waals surface area contributed by atoms with Crippen LogP contribution in [0.5, 0.6) is 5.88 Å². The van der Waals surface area contributed by atoms with Crippen molar-refractivity contribution >= 4 is 17.6 Å². The molecule has 0 spiro atoms. The van der Waals surface area contributed by atoms with Gasteiger partial charge in [0, 0.05) is 23.7 Å². The molecule has 1 aromatic carbocycles. The molecule has 1 aromatic heterocycles. The lowest BCUT2D eigenvalue weighted by atomic mass is 10.0. The van der Waals surface area contributed by atoms with Crippen molar-refractivity contribution < 1.29 is 23.6 Å². The van der Waals surface area contributed by atoms with Crippen LogP contribution in [0.15, 0.2) is 35.1 Å². The number of cyclic esters (lactones) is 1. The molecule has 1 amide bonds. The molecule has 1 saturated heterocycles. The van der Waals surface area contributed by atoms with Gasteiger partial charge in [-0.2, -0.15) is 0 Å². The number of carbonyl (C=O) groups is 2. The topological polar surface area (TPSA) is 81.9 Å². The zero-order valence-electron chi connectivity index (χ0n) is 13.6. The zero-order valence-corrected chi connectivity index (χ0v) is 13.6. The lowest BCUT2D eigenvalue weighted by molar-refractivity contribution is 0.0981. The minimum Gasteiger partial charge on any atom is -0.471 e. The molecule has 130 valence electrons. The molecule has 2 aliphatic rings. The fourth-order valence-electron chi connectivity index (χ4n) is 3.24. The lowest BCUT2D eigenvalue weighted by Gasteiger charge is -2.15. The fourth-order valence-corrected chi connectivity index (χ4v) is 3.24. The van der Waals surface area contributed by atoms with E-state index in [1.165, 1.54) is 6.26 Å². The van der Waals surface area contributed by atoms with Crippen molar-refractivity contribution in [3.63, 3.8) is 0 Å². The van der Waals surface area contributed by atoms with Gasteiger partial charge in [-0.3, -0.25) is 9.69 Å². The minimum atomic E-state index is -0.409. The minimum absolute atomic E-state index is 0.182. The van der Waals surface area contributed by atoms with Crippen LogP contribution >= 0.6 is 0 Å². The number of carbonyl (C=O) groups excluding carboxylic acids is 2. The van der Waals surface area contributed by atoms with E-state index in [1.54, 1.807) is 11.0 Å². The highest BCUT2D eigenvalue weighted by Crippen LogP contribution is 2.28. The summed E-state index contributed by atoms with van der Waals surface area (Å²) in [5, 5.41) is 3.65. The Bertz CT molecular complexity index is 787. The number of ketones is 1. The van der Waals surface area contributed by atoms with Gasteiger partial charge in [-0.1, -0.05) is 0 Å². The van der Waals surface area contributed by atoms with Gasteiger partial charge in [0.2, 0.25) is 0 Å². The van der Waals surface area contributed by atoms with Crippen molar-refractivity contribution in [3.05, 3.63) is 41.7 Å². The van der Waals surface area contributed by atoms with E-state index in [1.807, 2.05) is 18.2 Å². The van der Waals surface area contributed by atoms with E-state index in [9.17, 15) is 9.59 Å². The van der Waals surface area contributed by atoms with Gasteiger partial charge in [0.05, 0.1) is 6.54 Å². The molecule has 2 heterocycles. The number of rotatable bonds is 4. The largest absolute Gasteiger partial charge is 0.471 e. The summed E-state index contributed by atoms with van der Waals surface area (Å²) in [6, 6.07) is 7.16. The molecule has 1 unspecified atom stereocenters. The number of amides is 1. The Morgan fingerprint density at radius 3 is 2.92 bits per heavy atom. The molecule has 25 heavy (non-hydrogen) atoms. The van der Waals surface area contributed by atoms with Gasteiger partial charge >= 0.3 is 6.09 Å². The Hall–Kier alpha value is -2.83. The van der Waals surface area contributed by atoms with E-state index < -0.39 is 6.09 Å². The maximum atomic E-state index is 12.2. The SMILES string of the molecule is O=C1CCCCc2cc(N3CC(COc4ccon4)OC3=O)ccc21. The Kier molecular flexibility index (Phi) is 4.13. The average molecular weight is 342 g/mol. The first-order valence-corrected chi connectivity index (χ1v) is 8.38. The van der Waals surface area contributed by atoms with Gasteiger partial charge in [-0.15, -0.1) is 0 Å². The van der Waals surface area contributed by atoms with Crippen molar-refractivity contribution in [3.8, 4) is 5.88 Å². The molecule has 0 radical (unpaired) electrons. The molecular weight excluding hydrogens is 324 g/mol. The summed E-state index contributed by atoms with van der Waals surface area (Å²) in [5.41, 5.74) is 2.54. The fraction of sp³-hybridized carbons (Fsp3) is 0.389. The number of fused-ring (bicyclic) bond motifs is 1. The quantitative estimate of drug-likeness (QED) is 0.795. The summed E-state index contributed by atoms with van der Waals surface area (Å²) in [7, 11) is 0. The molecule has 0 saturated carbocycles. The normalized spacial score (nSPS) is 20.2. The van der Waals surface area contributed by atoms with E-state index in [0.29, 0.717) is 18.8 Å². The van der Waals surface area contributed by atoms with Gasteiger partial charge in [-0.05, 0) is 48.2 Å². The summed E-state index contributed by atoms with van der Waals surface area (Å²) in [4.78, 5) is 25.9. The summed E-state index contributed by atoms with van der Waals surface area (Å²) in [6.07, 6.45) is 3.98. The predicted molar refractivity (Wildman–Crippen MR) is 87.9 cm³/mol. The van der Waals surface area contributed by atoms with Crippen molar-refractivity contribution in [2.24, 2.45) is 0 Å². The van der Waals surface area contributed by atoms with Gasteiger partial charge < -0.3 is 14.0 Å². The maximum Gasteiger partial charge on any atom is 0.414 e. The molecule has 0 bridgehead atoms. The van der Waals surface area contributed by atoms with Crippen molar-refractivity contribution in [1.82, 2.24) is 5.16 Å². The first kappa shape index (κ1) is 15.7. The first-order valence-electron chi connectivity index (χ1n) is 8.38. The Labute approximate surface area is 144 Å². The van der Waals surface area contributed by atoms with Crippen LogP contribution in [0, 0.1) is 0 Å². The van der Waals surface area contributed by atoms with E-state index >= 15 is 0 Å². The Balaban J connectivity index is 1.47. The molecule has 0 N–H and O–H groups in total. The number of aromatic nitrogens is 1. The molecule has 1 aliphatic carbocycles.